The molecule has 5 heteroatoms. The summed E-state index contributed by atoms with van der Waals surface area (Å²) in [5, 5.41) is 25.5. The van der Waals surface area contributed by atoms with Gasteiger partial charge >= 0.3 is 0 Å². The molecular formula is C24H23N3O2. The Morgan fingerprint density at radius 1 is 0.931 bits per heavy atom. The smallest absolute Gasteiger partial charge is 0.169 e. The van der Waals surface area contributed by atoms with E-state index >= 15 is 0 Å². The van der Waals surface area contributed by atoms with Crippen molar-refractivity contribution in [3.63, 3.8) is 0 Å². The molecule has 0 saturated heterocycles. The number of aromatic nitrogens is 2. The largest absolute Gasteiger partial charge is 0.505 e. The number of anilines is 1. The number of pyridine rings is 2. The van der Waals surface area contributed by atoms with Crippen LogP contribution in [0.5, 0.6) is 11.5 Å². The molecule has 0 aliphatic carbocycles. The van der Waals surface area contributed by atoms with Gasteiger partial charge in [-0.25, -0.2) is 9.97 Å². The van der Waals surface area contributed by atoms with Crippen molar-refractivity contribution in [2.24, 2.45) is 0 Å². The second-order valence-electron chi connectivity index (χ2n) is 7.32. The first-order valence-electron chi connectivity index (χ1n) is 9.51. The minimum Gasteiger partial charge on any atom is -0.505 e. The highest BCUT2D eigenvalue weighted by Crippen LogP contribution is 2.38. The van der Waals surface area contributed by atoms with Gasteiger partial charge in [-0.05, 0) is 50.1 Å². The molecule has 4 aromatic rings. The van der Waals surface area contributed by atoms with Crippen LogP contribution in [0.2, 0.25) is 0 Å². The summed E-state index contributed by atoms with van der Waals surface area (Å²) in [6.07, 6.45) is 1.61. The molecule has 0 saturated carbocycles. The van der Waals surface area contributed by atoms with Crippen LogP contribution in [0.1, 0.15) is 34.0 Å². The van der Waals surface area contributed by atoms with Gasteiger partial charge in [0, 0.05) is 22.8 Å². The molecule has 2 heterocycles. The highest BCUT2D eigenvalue weighted by molar-refractivity contribution is 5.87. The summed E-state index contributed by atoms with van der Waals surface area (Å²) < 4.78 is 0. The van der Waals surface area contributed by atoms with E-state index in [1.807, 2.05) is 63.2 Å². The second kappa shape index (κ2) is 7.43. The zero-order valence-corrected chi connectivity index (χ0v) is 16.6. The summed E-state index contributed by atoms with van der Waals surface area (Å²) in [6, 6.07) is 16.8. The number of rotatable bonds is 4. The molecule has 0 aliphatic rings. The predicted octanol–water partition coefficient (Wildman–Crippen LogP) is 5.17. The van der Waals surface area contributed by atoms with Crippen LogP contribution in [0.3, 0.4) is 0 Å². The third-order valence-corrected chi connectivity index (χ3v) is 5.22. The monoisotopic (exact) mass is 385 g/mol. The Hall–Kier alpha value is -3.60. The second-order valence-corrected chi connectivity index (χ2v) is 7.32. The fraction of sp³-hybridized carbons (Fsp3) is 0.167. The SMILES string of the molecule is Cc1ccc(C(Nc2ncccc2O)c2ccc3cc(C)c(C)nc3c2O)cc1. The summed E-state index contributed by atoms with van der Waals surface area (Å²) in [4.78, 5) is 8.85. The van der Waals surface area contributed by atoms with E-state index < -0.39 is 6.04 Å². The van der Waals surface area contributed by atoms with E-state index in [0.29, 0.717) is 16.9 Å². The van der Waals surface area contributed by atoms with Crippen LogP contribution >= 0.6 is 0 Å². The number of fused-ring (bicyclic) bond motifs is 1. The number of hydrogen-bond acceptors (Lipinski definition) is 5. The number of hydrogen-bond donors (Lipinski definition) is 3. The van der Waals surface area contributed by atoms with Crippen molar-refractivity contribution in [2.45, 2.75) is 26.8 Å². The Morgan fingerprint density at radius 2 is 1.69 bits per heavy atom. The number of aryl methyl sites for hydroxylation is 3. The summed E-state index contributed by atoms with van der Waals surface area (Å²) in [6.45, 7) is 5.97. The first-order chi connectivity index (χ1) is 13.9. The molecule has 2 aromatic heterocycles. The van der Waals surface area contributed by atoms with Gasteiger partial charge in [0.15, 0.2) is 11.6 Å². The van der Waals surface area contributed by atoms with Gasteiger partial charge in [0.1, 0.15) is 11.3 Å². The molecule has 1 unspecified atom stereocenters. The van der Waals surface area contributed by atoms with Gasteiger partial charge < -0.3 is 15.5 Å². The fourth-order valence-electron chi connectivity index (χ4n) is 3.42. The number of phenolic OH excluding ortho intramolecular Hbond substituents is 1. The van der Waals surface area contributed by atoms with Gasteiger partial charge in [-0.1, -0.05) is 42.0 Å². The molecule has 0 spiro atoms. The van der Waals surface area contributed by atoms with Crippen LogP contribution in [0.15, 0.2) is 60.8 Å². The third kappa shape index (κ3) is 3.59. The Bertz CT molecular complexity index is 1190. The molecule has 146 valence electrons. The highest BCUT2D eigenvalue weighted by atomic mass is 16.3. The maximum atomic E-state index is 11.1. The lowest BCUT2D eigenvalue weighted by atomic mass is 9.95. The molecule has 0 fully saturated rings. The molecule has 3 N–H and O–H groups in total. The summed E-state index contributed by atoms with van der Waals surface area (Å²) in [5.41, 5.74) is 5.28. The topological polar surface area (TPSA) is 78.3 Å². The van der Waals surface area contributed by atoms with E-state index in [-0.39, 0.29) is 11.5 Å². The Balaban J connectivity index is 1.88. The van der Waals surface area contributed by atoms with Crippen LogP contribution in [0.25, 0.3) is 10.9 Å². The molecule has 29 heavy (non-hydrogen) atoms. The number of benzene rings is 2. The van der Waals surface area contributed by atoms with Gasteiger partial charge in [-0.2, -0.15) is 0 Å². The third-order valence-electron chi connectivity index (χ3n) is 5.22. The maximum absolute atomic E-state index is 11.1. The van der Waals surface area contributed by atoms with Crippen LogP contribution < -0.4 is 5.32 Å². The quantitative estimate of drug-likeness (QED) is 0.452. The van der Waals surface area contributed by atoms with Crippen molar-refractivity contribution in [2.75, 3.05) is 5.32 Å². The Morgan fingerprint density at radius 3 is 2.41 bits per heavy atom. The normalized spacial score (nSPS) is 12.1. The molecular weight excluding hydrogens is 362 g/mol. The average molecular weight is 385 g/mol. The zero-order chi connectivity index (χ0) is 20.5. The van der Waals surface area contributed by atoms with Crippen molar-refractivity contribution in [1.82, 2.24) is 9.97 Å². The Kier molecular flexibility index (Phi) is 4.80. The average Bonchev–Trinajstić information content (AvgIpc) is 2.71. The maximum Gasteiger partial charge on any atom is 0.169 e. The van der Waals surface area contributed by atoms with E-state index in [4.69, 9.17) is 0 Å². The van der Waals surface area contributed by atoms with Gasteiger partial charge in [-0.3, -0.25) is 0 Å². The molecule has 0 amide bonds. The standard InChI is InChI=1S/C24H23N3O2/c1-14-6-8-17(9-7-14)21(27-24-20(28)5-4-12-25-24)19-11-10-18-13-15(2)16(3)26-22(18)23(19)29/h4-13,21,28-29H,1-3H3,(H,25,27). The van der Waals surface area contributed by atoms with Gasteiger partial charge in [0.2, 0.25) is 0 Å². The molecule has 5 nitrogen and oxygen atoms in total. The van der Waals surface area contributed by atoms with Crippen molar-refractivity contribution in [3.8, 4) is 11.5 Å². The molecule has 4 rings (SSSR count). The van der Waals surface area contributed by atoms with Crippen molar-refractivity contribution in [1.29, 1.82) is 0 Å². The minimum absolute atomic E-state index is 0.0504. The lowest BCUT2D eigenvalue weighted by Crippen LogP contribution is -2.14. The van der Waals surface area contributed by atoms with Crippen LogP contribution in [-0.4, -0.2) is 20.2 Å². The van der Waals surface area contributed by atoms with Gasteiger partial charge in [0.25, 0.3) is 0 Å². The van der Waals surface area contributed by atoms with E-state index in [0.717, 1.165) is 27.8 Å². The summed E-state index contributed by atoms with van der Waals surface area (Å²) in [7, 11) is 0. The fourth-order valence-corrected chi connectivity index (χ4v) is 3.42. The van der Waals surface area contributed by atoms with E-state index in [1.165, 1.54) is 0 Å². The number of aromatic hydroxyl groups is 2. The summed E-state index contributed by atoms with van der Waals surface area (Å²) in [5.74, 6) is 0.527. The molecule has 0 aliphatic heterocycles. The minimum atomic E-state index is -0.413. The first kappa shape index (κ1) is 18.7. The van der Waals surface area contributed by atoms with E-state index in [1.54, 1.807) is 18.3 Å². The van der Waals surface area contributed by atoms with Crippen molar-refractivity contribution >= 4 is 16.7 Å². The Labute approximate surface area is 169 Å². The van der Waals surface area contributed by atoms with Gasteiger partial charge in [-0.15, -0.1) is 0 Å². The highest BCUT2D eigenvalue weighted by Gasteiger charge is 2.21. The molecule has 1 atom stereocenters. The summed E-state index contributed by atoms with van der Waals surface area (Å²) >= 11 is 0. The van der Waals surface area contributed by atoms with Crippen LogP contribution in [0, 0.1) is 20.8 Å². The van der Waals surface area contributed by atoms with Crippen LogP contribution in [0.4, 0.5) is 5.82 Å². The lowest BCUT2D eigenvalue weighted by molar-refractivity contribution is 0.468. The predicted molar refractivity (Wildman–Crippen MR) is 115 cm³/mol. The molecule has 0 radical (unpaired) electrons. The zero-order valence-electron chi connectivity index (χ0n) is 16.6. The van der Waals surface area contributed by atoms with Crippen molar-refractivity contribution < 1.29 is 10.2 Å². The number of nitrogens with one attached hydrogen (secondary N) is 1. The van der Waals surface area contributed by atoms with E-state index in [2.05, 4.69) is 15.3 Å². The van der Waals surface area contributed by atoms with Gasteiger partial charge in [0.05, 0.1) is 6.04 Å². The molecule has 0 bridgehead atoms. The molecule has 2 aromatic carbocycles. The first-order valence-corrected chi connectivity index (χ1v) is 9.51. The van der Waals surface area contributed by atoms with E-state index in [9.17, 15) is 10.2 Å². The number of phenols is 1. The van der Waals surface area contributed by atoms with Crippen LogP contribution in [-0.2, 0) is 0 Å². The lowest BCUT2D eigenvalue weighted by Gasteiger charge is -2.22. The number of nitrogens with zero attached hydrogens (tertiary/aromatic N) is 2. The van der Waals surface area contributed by atoms with Crippen molar-refractivity contribution in [3.05, 3.63) is 88.7 Å².